The molecule has 3 aromatic rings. The normalized spacial score (nSPS) is 11.1. The minimum Gasteiger partial charge on any atom is -0.406 e. The monoisotopic (exact) mass is 485 g/mol. The zero-order chi connectivity index (χ0) is 23.3. The fraction of sp³-hybridized carbons (Fsp3) is 0.111. The summed E-state index contributed by atoms with van der Waals surface area (Å²) in [6.45, 7) is 0. The van der Waals surface area contributed by atoms with Crippen molar-refractivity contribution in [2.45, 2.75) is 11.5 Å². The number of rotatable bonds is 7. The third-order valence-corrected chi connectivity index (χ3v) is 5.36. The molecule has 168 valence electrons. The number of ether oxygens (including phenoxy) is 1. The van der Waals surface area contributed by atoms with Crippen LogP contribution in [0.1, 0.15) is 9.67 Å². The number of amides is 2. The minimum absolute atomic E-state index is 0.0469. The Morgan fingerprint density at radius 3 is 2.50 bits per heavy atom. The van der Waals surface area contributed by atoms with Crippen LogP contribution >= 0.6 is 23.1 Å². The van der Waals surface area contributed by atoms with Gasteiger partial charge in [-0.25, -0.2) is 4.98 Å². The molecule has 0 aliphatic rings. The maximum atomic E-state index is 12.2. The Hall–Kier alpha value is -3.52. The smallest absolute Gasteiger partial charge is 0.406 e. The van der Waals surface area contributed by atoms with E-state index in [0.717, 1.165) is 23.9 Å². The van der Waals surface area contributed by atoms with Gasteiger partial charge in [0.05, 0.1) is 10.6 Å². The molecule has 32 heavy (non-hydrogen) atoms. The van der Waals surface area contributed by atoms with Crippen molar-refractivity contribution in [3.8, 4) is 5.75 Å². The fourth-order valence-electron chi connectivity index (χ4n) is 2.31. The number of H-pyrrole nitrogens is 1. The lowest BCUT2D eigenvalue weighted by Crippen LogP contribution is -2.23. The first-order valence-corrected chi connectivity index (χ1v) is 10.5. The standard InChI is InChI=1S/C18H14F3N5O4S2/c19-18(20,21)30-10-5-3-9(4-6-10)23-12(27)8-32-17-25-14(22)13(16(29)26-17)24-15(28)11-2-1-7-31-11/h1-7H,8H2,(H,23,27)(H,24,28)(H3,22,25,26,29). The molecular formula is C18H14F3N5O4S2. The number of hydrogen-bond acceptors (Lipinski definition) is 8. The Bertz CT molecular complexity index is 1160. The highest BCUT2D eigenvalue weighted by molar-refractivity contribution is 7.99. The Morgan fingerprint density at radius 1 is 1.19 bits per heavy atom. The van der Waals surface area contributed by atoms with E-state index < -0.39 is 29.5 Å². The lowest BCUT2D eigenvalue weighted by molar-refractivity contribution is -0.274. The zero-order valence-corrected chi connectivity index (χ0v) is 17.5. The number of nitrogens with one attached hydrogen (secondary N) is 3. The Kier molecular flexibility index (Phi) is 7.05. The summed E-state index contributed by atoms with van der Waals surface area (Å²) in [5, 5.41) is 6.63. The molecule has 0 radical (unpaired) electrons. The highest BCUT2D eigenvalue weighted by Gasteiger charge is 2.31. The van der Waals surface area contributed by atoms with Crippen LogP contribution in [0.4, 0.5) is 30.4 Å². The summed E-state index contributed by atoms with van der Waals surface area (Å²) < 4.78 is 40.2. The number of halogens is 3. The molecule has 0 unspecified atom stereocenters. The molecule has 0 atom stereocenters. The van der Waals surface area contributed by atoms with Crippen molar-refractivity contribution in [2.24, 2.45) is 0 Å². The molecule has 1 aromatic carbocycles. The molecule has 9 nitrogen and oxygen atoms in total. The van der Waals surface area contributed by atoms with Crippen molar-refractivity contribution in [1.29, 1.82) is 0 Å². The molecule has 0 spiro atoms. The van der Waals surface area contributed by atoms with Gasteiger partial charge >= 0.3 is 6.36 Å². The maximum Gasteiger partial charge on any atom is 0.573 e. The first kappa shape index (κ1) is 23.1. The number of thioether (sulfide) groups is 1. The summed E-state index contributed by atoms with van der Waals surface area (Å²) >= 11 is 2.06. The van der Waals surface area contributed by atoms with E-state index >= 15 is 0 Å². The van der Waals surface area contributed by atoms with Gasteiger partial charge in [-0.05, 0) is 35.7 Å². The van der Waals surface area contributed by atoms with Gasteiger partial charge in [0.15, 0.2) is 16.7 Å². The molecule has 3 rings (SSSR count). The number of nitrogens with two attached hydrogens (primary N) is 1. The van der Waals surface area contributed by atoms with Gasteiger partial charge in [0.25, 0.3) is 11.5 Å². The second-order valence-corrected chi connectivity index (χ2v) is 7.88. The van der Waals surface area contributed by atoms with E-state index in [1.807, 2.05) is 0 Å². The molecule has 0 saturated carbocycles. The highest BCUT2D eigenvalue weighted by atomic mass is 32.2. The van der Waals surface area contributed by atoms with E-state index in [4.69, 9.17) is 5.73 Å². The number of benzene rings is 1. The molecule has 0 bridgehead atoms. The molecule has 0 aliphatic carbocycles. The van der Waals surface area contributed by atoms with Gasteiger partial charge in [-0.1, -0.05) is 17.8 Å². The Morgan fingerprint density at radius 2 is 1.91 bits per heavy atom. The van der Waals surface area contributed by atoms with Gasteiger partial charge in [0.1, 0.15) is 5.75 Å². The molecule has 2 heterocycles. The van der Waals surface area contributed by atoms with E-state index in [-0.39, 0.29) is 28.1 Å². The number of alkyl halides is 3. The molecule has 2 amide bonds. The van der Waals surface area contributed by atoms with Crippen LogP contribution in [0.15, 0.2) is 51.7 Å². The number of nitrogens with zero attached hydrogens (tertiary/aromatic N) is 1. The first-order valence-electron chi connectivity index (χ1n) is 8.64. The molecule has 2 aromatic heterocycles. The third-order valence-electron chi connectivity index (χ3n) is 3.62. The topological polar surface area (TPSA) is 139 Å². The number of aromatic amines is 1. The summed E-state index contributed by atoms with van der Waals surface area (Å²) in [5.74, 6) is -1.83. The van der Waals surface area contributed by atoms with Crippen LogP contribution in [0.5, 0.6) is 5.75 Å². The van der Waals surface area contributed by atoms with E-state index in [9.17, 15) is 27.6 Å². The van der Waals surface area contributed by atoms with Crippen molar-refractivity contribution < 1.29 is 27.5 Å². The fourth-order valence-corrected chi connectivity index (χ4v) is 3.60. The Labute approximate surface area is 186 Å². The van der Waals surface area contributed by atoms with Crippen LogP contribution in [-0.4, -0.2) is 33.9 Å². The summed E-state index contributed by atoms with van der Waals surface area (Å²) in [6.07, 6.45) is -4.81. The van der Waals surface area contributed by atoms with E-state index in [1.54, 1.807) is 17.5 Å². The number of carbonyl (C=O) groups excluding carboxylic acids is 2. The van der Waals surface area contributed by atoms with Crippen LogP contribution in [0.25, 0.3) is 0 Å². The van der Waals surface area contributed by atoms with Crippen molar-refractivity contribution in [3.05, 3.63) is 57.0 Å². The van der Waals surface area contributed by atoms with Gasteiger partial charge in [-0.15, -0.1) is 24.5 Å². The second kappa shape index (κ2) is 9.74. The van der Waals surface area contributed by atoms with Crippen LogP contribution in [0, 0.1) is 0 Å². The van der Waals surface area contributed by atoms with Crippen LogP contribution in [0.3, 0.4) is 0 Å². The quantitative estimate of drug-likeness (QED) is 0.297. The molecule has 0 saturated heterocycles. The summed E-state index contributed by atoms with van der Waals surface area (Å²) in [7, 11) is 0. The number of nitrogen functional groups attached to an aromatic ring is 1. The molecule has 14 heteroatoms. The number of anilines is 3. The van der Waals surface area contributed by atoms with E-state index in [2.05, 4.69) is 25.3 Å². The van der Waals surface area contributed by atoms with Gasteiger partial charge in [0.2, 0.25) is 5.91 Å². The summed E-state index contributed by atoms with van der Waals surface area (Å²) in [6, 6.07) is 7.86. The molecular weight excluding hydrogens is 471 g/mol. The molecule has 0 aliphatic heterocycles. The number of thiophene rings is 1. The predicted molar refractivity (Wildman–Crippen MR) is 114 cm³/mol. The SMILES string of the molecule is Nc1nc(SCC(=O)Nc2ccc(OC(F)(F)F)cc2)[nH]c(=O)c1NC(=O)c1cccs1. The lowest BCUT2D eigenvalue weighted by Gasteiger charge is -2.10. The maximum absolute atomic E-state index is 12.2. The molecule has 5 N–H and O–H groups in total. The number of hydrogen-bond donors (Lipinski definition) is 4. The van der Waals surface area contributed by atoms with Gasteiger partial charge in [0, 0.05) is 5.69 Å². The average molecular weight is 485 g/mol. The van der Waals surface area contributed by atoms with Crippen LogP contribution < -0.4 is 26.7 Å². The zero-order valence-electron chi connectivity index (χ0n) is 15.9. The second-order valence-electron chi connectivity index (χ2n) is 5.97. The minimum atomic E-state index is -4.81. The van der Waals surface area contributed by atoms with Gasteiger partial charge < -0.3 is 21.1 Å². The Balaban J connectivity index is 1.56. The number of carbonyl (C=O) groups is 2. The van der Waals surface area contributed by atoms with Crippen molar-refractivity contribution in [2.75, 3.05) is 22.1 Å². The highest BCUT2D eigenvalue weighted by Crippen LogP contribution is 2.24. The van der Waals surface area contributed by atoms with Crippen LogP contribution in [0.2, 0.25) is 0 Å². The van der Waals surface area contributed by atoms with Gasteiger partial charge in [-0.2, -0.15) is 0 Å². The van der Waals surface area contributed by atoms with E-state index in [1.165, 1.54) is 23.5 Å². The van der Waals surface area contributed by atoms with Crippen molar-refractivity contribution >= 4 is 52.1 Å². The largest absolute Gasteiger partial charge is 0.573 e. The summed E-state index contributed by atoms with van der Waals surface area (Å²) in [5.41, 5.74) is 5.11. The third kappa shape index (κ3) is 6.49. The molecule has 0 fully saturated rings. The van der Waals surface area contributed by atoms with Crippen molar-refractivity contribution in [3.63, 3.8) is 0 Å². The lowest BCUT2D eigenvalue weighted by atomic mass is 10.3. The van der Waals surface area contributed by atoms with Gasteiger partial charge in [-0.3, -0.25) is 19.4 Å². The average Bonchev–Trinajstić information content (AvgIpc) is 3.24. The van der Waals surface area contributed by atoms with E-state index in [0.29, 0.717) is 4.88 Å². The number of aromatic nitrogens is 2. The van der Waals surface area contributed by atoms with Crippen LogP contribution in [-0.2, 0) is 4.79 Å². The first-order chi connectivity index (χ1) is 15.1. The predicted octanol–water partition coefficient (Wildman–Crippen LogP) is 3.30. The summed E-state index contributed by atoms with van der Waals surface area (Å²) in [4.78, 5) is 43.2. The van der Waals surface area contributed by atoms with Crippen molar-refractivity contribution in [1.82, 2.24) is 9.97 Å².